The van der Waals surface area contributed by atoms with Gasteiger partial charge in [0.05, 0.1) is 0 Å². The third-order valence-electron chi connectivity index (χ3n) is 3.08. The van der Waals surface area contributed by atoms with Gasteiger partial charge in [0.15, 0.2) is 0 Å². The van der Waals surface area contributed by atoms with Crippen molar-refractivity contribution in [1.82, 2.24) is 4.90 Å². The van der Waals surface area contributed by atoms with Gasteiger partial charge in [-0.25, -0.2) is 0 Å². The van der Waals surface area contributed by atoms with Gasteiger partial charge < -0.3 is 10.0 Å². The van der Waals surface area contributed by atoms with Crippen LogP contribution in [0.3, 0.4) is 0 Å². The first-order valence-electron chi connectivity index (χ1n) is 5.89. The Hall–Kier alpha value is -0.140. The summed E-state index contributed by atoms with van der Waals surface area (Å²) in [5, 5.41) is 9.28. The molecule has 0 aromatic heterocycles. The number of carbonyl (C=O) groups is 1. The van der Waals surface area contributed by atoms with Gasteiger partial charge in [0.2, 0.25) is 5.91 Å². The molecular formula is C12H24NO2P. The summed E-state index contributed by atoms with van der Waals surface area (Å²) >= 11 is 0. The number of amides is 1. The van der Waals surface area contributed by atoms with Gasteiger partial charge in [-0.15, -0.1) is 0 Å². The zero-order chi connectivity index (χ0) is 12.4. The number of aliphatic hydroxyl groups is 1. The van der Waals surface area contributed by atoms with Crippen LogP contribution in [-0.2, 0) is 4.79 Å². The van der Waals surface area contributed by atoms with Crippen molar-refractivity contribution in [2.75, 3.05) is 25.6 Å². The normalized spacial score (nSPS) is 19.4. The zero-order valence-electron chi connectivity index (χ0n) is 10.8. The summed E-state index contributed by atoms with van der Waals surface area (Å²) in [5.41, 5.74) is -0.539. The second kappa shape index (κ2) is 5.01. The van der Waals surface area contributed by atoms with Crippen LogP contribution in [0.25, 0.3) is 0 Å². The lowest BCUT2D eigenvalue weighted by atomic mass is 9.75. The second-order valence-electron chi connectivity index (χ2n) is 6.11. The maximum absolute atomic E-state index is 12.3. The van der Waals surface area contributed by atoms with E-state index in [1.165, 1.54) is 0 Å². The smallest absolute Gasteiger partial charge is 0.228 e. The molecular weight excluding hydrogens is 221 g/mol. The van der Waals surface area contributed by atoms with Gasteiger partial charge >= 0.3 is 0 Å². The van der Waals surface area contributed by atoms with E-state index in [4.69, 9.17) is 0 Å². The molecule has 0 aromatic rings. The number of rotatable bonds is 4. The Morgan fingerprint density at radius 3 is 2.44 bits per heavy atom. The molecule has 1 atom stereocenters. The number of hydrogen-bond donors (Lipinski definition) is 1. The summed E-state index contributed by atoms with van der Waals surface area (Å²) in [6.45, 7) is 9.05. The molecule has 0 aliphatic carbocycles. The quantitative estimate of drug-likeness (QED) is 0.768. The van der Waals surface area contributed by atoms with Crippen molar-refractivity contribution in [2.24, 2.45) is 10.8 Å². The molecule has 3 nitrogen and oxygen atoms in total. The first-order chi connectivity index (χ1) is 7.28. The average Bonchev–Trinajstić information content (AvgIpc) is 2.67. The molecule has 4 heteroatoms. The Kier molecular flexibility index (Phi) is 4.36. The minimum Gasteiger partial charge on any atom is -0.396 e. The molecule has 1 aliphatic heterocycles. The SMILES string of the molecule is CC(C)(CO)CC(C)(C)C(=O)N1CCPC1. The van der Waals surface area contributed by atoms with Crippen molar-refractivity contribution in [3.05, 3.63) is 0 Å². The molecule has 0 saturated carbocycles. The van der Waals surface area contributed by atoms with Crippen LogP contribution in [0.2, 0.25) is 0 Å². The molecule has 94 valence electrons. The van der Waals surface area contributed by atoms with Crippen LogP contribution in [-0.4, -0.2) is 41.5 Å². The third-order valence-corrected chi connectivity index (χ3v) is 4.26. The molecule has 1 fully saturated rings. The predicted octanol–water partition coefficient (Wildman–Crippen LogP) is 1.90. The average molecular weight is 245 g/mol. The Morgan fingerprint density at radius 1 is 1.38 bits per heavy atom. The molecule has 1 amide bonds. The zero-order valence-corrected chi connectivity index (χ0v) is 11.8. The van der Waals surface area contributed by atoms with Gasteiger partial charge in [0.1, 0.15) is 0 Å². The summed E-state index contributed by atoms with van der Waals surface area (Å²) in [4.78, 5) is 14.3. The fraction of sp³-hybridized carbons (Fsp3) is 0.917. The van der Waals surface area contributed by atoms with E-state index in [0.29, 0.717) is 0 Å². The topological polar surface area (TPSA) is 40.5 Å². The Balaban J connectivity index is 2.65. The van der Waals surface area contributed by atoms with Crippen LogP contribution in [0.4, 0.5) is 0 Å². The highest BCUT2D eigenvalue weighted by Gasteiger charge is 2.37. The van der Waals surface area contributed by atoms with Gasteiger partial charge in [0.25, 0.3) is 0 Å². The van der Waals surface area contributed by atoms with Crippen molar-refractivity contribution in [1.29, 1.82) is 0 Å². The standard InChI is InChI=1S/C12H24NO2P/c1-11(2,8-14)7-12(3,4)10(15)13-5-6-16-9-13/h14,16H,5-9H2,1-4H3. The lowest BCUT2D eigenvalue weighted by Crippen LogP contribution is -2.42. The minimum absolute atomic E-state index is 0.130. The largest absolute Gasteiger partial charge is 0.396 e. The highest BCUT2D eigenvalue weighted by molar-refractivity contribution is 7.38. The Bertz CT molecular complexity index is 258. The number of aliphatic hydroxyl groups excluding tert-OH is 1. The van der Waals surface area contributed by atoms with Crippen LogP contribution in [0.5, 0.6) is 0 Å². The molecule has 16 heavy (non-hydrogen) atoms. The van der Waals surface area contributed by atoms with Gasteiger partial charge in [-0.3, -0.25) is 4.79 Å². The molecule has 1 rings (SSSR count). The Labute approximate surface area is 100 Å². The van der Waals surface area contributed by atoms with Gasteiger partial charge in [0, 0.05) is 24.9 Å². The van der Waals surface area contributed by atoms with Crippen molar-refractivity contribution >= 4 is 14.5 Å². The van der Waals surface area contributed by atoms with Crippen LogP contribution in [0, 0.1) is 10.8 Å². The molecule has 1 heterocycles. The van der Waals surface area contributed by atoms with E-state index >= 15 is 0 Å². The molecule has 1 unspecified atom stereocenters. The monoisotopic (exact) mass is 245 g/mol. The van der Waals surface area contributed by atoms with Crippen molar-refractivity contribution < 1.29 is 9.90 Å². The van der Waals surface area contributed by atoms with Gasteiger partial charge in [-0.2, -0.15) is 0 Å². The molecule has 0 spiro atoms. The van der Waals surface area contributed by atoms with Crippen LogP contribution < -0.4 is 0 Å². The molecule has 0 bridgehead atoms. The molecule has 1 saturated heterocycles. The fourth-order valence-electron chi connectivity index (χ4n) is 2.44. The minimum atomic E-state index is -0.360. The van der Waals surface area contributed by atoms with E-state index in [1.54, 1.807) is 0 Å². The number of carbonyl (C=O) groups excluding carboxylic acids is 1. The second-order valence-corrected chi connectivity index (χ2v) is 7.43. The van der Waals surface area contributed by atoms with Crippen LogP contribution in [0.1, 0.15) is 34.1 Å². The summed E-state index contributed by atoms with van der Waals surface area (Å²) in [6, 6.07) is 0. The van der Waals surface area contributed by atoms with Crippen molar-refractivity contribution in [3.63, 3.8) is 0 Å². The van der Waals surface area contributed by atoms with Crippen molar-refractivity contribution in [2.45, 2.75) is 34.1 Å². The summed E-state index contributed by atoms with van der Waals surface area (Å²) in [5.74, 6) is 0.249. The maximum Gasteiger partial charge on any atom is 0.228 e. The van der Waals surface area contributed by atoms with E-state index in [-0.39, 0.29) is 23.3 Å². The first kappa shape index (κ1) is 13.9. The highest BCUT2D eigenvalue weighted by atomic mass is 31.1. The molecule has 0 radical (unpaired) electrons. The lowest BCUT2D eigenvalue weighted by Gasteiger charge is -2.35. The summed E-state index contributed by atoms with van der Waals surface area (Å²) in [6.07, 6.45) is 2.82. The first-order valence-corrected chi connectivity index (χ1v) is 7.31. The molecule has 1 aliphatic rings. The molecule has 1 N–H and O–H groups in total. The van der Waals surface area contributed by atoms with Gasteiger partial charge in [-0.05, 0) is 18.0 Å². The van der Waals surface area contributed by atoms with E-state index in [0.717, 1.165) is 34.0 Å². The van der Waals surface area contributed by atoms with Crippen LogP contribution >= 0.6 is 8.58 Å². The number of hydrogen-bond acceptors (Lipinski definition) is 2. The lowest BCUT2D eigenvalue weighted by molar-refractivity contribution is -0.140. The predicted molar refractivity (Wildman–Crippen MR) is 69.0 cm³/mol. The third kappa shape index (κ3) is 3.43. The van der Waals surface area contributed by atoms with Crippen molar-refractivity contribution in [3.8, 4) is 0 Å². The summed E-state index contributed by atoms with van der Waals surface area (Å²) < 4.78 is 0. The van der Waals surface area contributed by atoms with Gasteiger partial charge in [-0.1, -0.05) is 36.3 Å². The summed E-state index contributed by atoms with van der Waals surface area (Å²) in [7, 11) is 0.905. The van der Waals surface area contributed by atoms with E-state index in [1.807, 2.05) is 32.6 Å². The van der Waals surface area contributed by atoms with E-state index < -0.39 is 0 Å². The highest BCUT2D eigenvalue weighted by Crippen LogP contribution is 2.36. The maximum atomic E-state index is 12.3. The van der Waals surface area contributed by atoms with E-state index in [9.17, 15) is 9.90 Å². The number of nitrogens with zero attached hydrogens (tertiary/aromatic N) is 1. The van der Waals surface area contributed by atoms with Crippen LogP contribution in [0.15, 0.2) is 0 Å². The Morgan fingerprint density at radius 2 is 2.00 bits per heavy atom. The van der Waals surface area contributed by atoms with E-state index in [2.05, 4.69) is 0 Å². The fourth-order valence-corrected chi connectivity index (χ4v) is 3.59. The molecule has 0 aromatic carbocycles.